The van der Waals surface area contributed by atoms with Gasteiger partial charge >= 0.3 is 0 Å². The van der Waals surface area contributed by atoms with Crippen molar-refractivity contribution in [3.05, 3.63) is 21.1 Å². The highest BCUT2D eigenvalue weighted by atomic mass is 79.9. The molecule has 0 saturated carbocycles. The Morgan fingerprint density at radius 3 is 2.19 bits per heavy atom. The van der Waals surface area contributed by atoms with Gasteiger partial charge in [-0.2, -0.15) is 4.31 Å². The first-order valence-corrected chi connectivity index (χ1v) is 9.58. The summed E-state index contributed by atoms with van der Waals surface area (Å²) in [7, 11) is 0.398. The van der Waals surface area contributed by atoms with Gasteiger partial charge in [-0.1, -0.05) is 6.92 Å². The SMILES string of the molecule is CC1CN(S(=O)(=O)c2c(Br)cc(N)cc2Br)CC1N(C)C. The van der Waals surface area contributed by atoms with Crippen LogP contribution >= 0.6 is 31.9 Å². The Morgan fingerprint density at radius 1 is 1.24 bits per heavy atom. The Balaban J connectivity index is 2.41. The Kier molecular flexibility index (Phi) is 5.04. The maximum absolute atomic E-state index is 12.9. The van der Waals surface area contributed by atoms with E-state index in [0.29, 0.717) is 33.6 Å². The number of nitrogens with zero attached hydrogens (tertiary/aromatic N) is 2. The lowest BCUT2D eigenvalue weighted by Gasteiger charge is -2.22. The molecule has 8 heteroatoms. The number of likely N-dealkylation sites (N-methyl/N-ethyl adjacent to an activating group) is 1. The van der Waals surface area contributed by atoms with E-state index in [1.54, 1.807) is 16.4 Å². The number of hydrogen-bond acceptors (Lipinski definition) is 4. The molecule has 2 rings (SSSR count). The molecule has 1 fully saturated rings. The van der Waals surface area contributed by atoms with E-state index >= 15 is 0 Å². The maximum Gasteiger partial charge on any atom is 0.245 e. The molecule has 1 aromatic carbocycles. The second-order valence-electron chi connectivity index (χ2n) is 5.64. The van der Waals surface area contributed by atoms with Gasteiger partial charge in [0.1, 0.15) is 4.90 Å². The molecule has 1 heterocycles. The van der Waals surface area contributed by atoms with Crippen LogP contribution in [0.1, 0.15) is 6.92 Å². The largest absolute Gasteiger partial charge is 0.399 e. The number of halogens is 2. The molecule has 0 amide bonds. The van der Waals surface area contributed by atoms with Crippen LogP contribution in [0.3, 0.4) is 0 Å². The van der Waals surface area contributed by atoms with Gasteiger partial charge in [0, 0.05) is 33.8 Å². The van der Waals surface area contributed by atoms with Crippen LogP contribution in [0.25, 0.3) is 0 Å². The van der Waals surface area contributed by atoms with E-state index in [0.717, 1.165) is 0 Å². The molecular weight excluding hydrogens is 422 g/mol. The molecule has 5 nitrogen and oxygen atoms in total. The first kappa shape index (κ1) is 17.2. The normalized spacial score (nSPS) is 23.9. The summed E-state index contributed by atoms with van der Waals surface area (Å²) in [4.78, 5) is 2.32. The van der Waals surface area contributed by atoms with Crippen molar-refractivity contribution in [3.8, 4) is 0 Å². The van der Waals surface area contributed by atoms with E-state index in [1.165, 1.54) is 0 Å². The van der Waals surface area contributed by atoms with Crippen LogP contribution in [0.5, 0.6) is 0 Å². The first-order valence-electron chi connectivity index (χ1n) is 6.55. The summed E-state index contributed by atoms with van der Waals surface area (Å²) in [6.07, 6.45) is 0. The zero-order valence-electron chi connectivity index (χ0n) is 12.2. The van der Waals surface area contributed by atoms with Crippen molar-refractivity contribution in [1.29, 1.82) is 0 Å². The predicted molar refractivity (Wildman–Crippen MR) is 91.7 cm³/mol. The summed E-state index contributed by atoms with van der Waals surface area (Å²) in [6, 6.07) is 3.45. The lowest BCUT2D eigenvalue weighted by atomic mass is 10.1. The van der Waals surface area contributed by atoms with Gasteiger partial charge < -0.3 is 10.6 Å². The van der Waals surface area contributed by atoms with Gasteiger partial charge in [0.05, 0.1) is 0 Å². The molecule has 1 aliphatic rings. The number of rotatable bonds is 3. The average Bonchev–Trinajstić information content (AvgIpc) is 2.70. The van der Waals surface area contributed by atoms with Crippen LogP contribution in [0.2, 0.25) is 0 Å². The van der Waals surface area contributed by atoms with E-state index in [9.17, 15) is 8.42 Å². The summed E-state index contributed by atoms with van der Waals surface area (Å²) < 4.78 is 28.3. The Morgan fingerprint density at radius 2 is 1.76 bits per heavy atom. The standard InChI is InChI=1S/C13H19Br2N3O2S/c1-8-6-18(7-12(8)17(2)3)21(19,20)13-10(14)4-9(16)5-11(13)15/h4-5,8,12H,6-7,16H2,1-3H3. The average molecular weight is 441 g/mol. The summed E-state index contributed by atoms with van der Waals surface area (Å²) in [5.74, 6) is 0.293. The van der Waals surface area contributed by atoms with Crippen molar-refractivity contribution in [2.24, 2.45) is 5.92 Å². The highest BCUT2D eigenvalue weighted by Gasteiger charge is 2.39. The molecule has 2 N–H and O–H groups in total. The zero-order chi connectivity index (χ0) is 15.9. The summed E-state index contributed by atoms with van der Waals surface area (Å²) >= 11 is 6.63. The number of benzene rings is 1. The van der Waals surface area contributed by atoms with E-state index in [4.69, 9.17) is 5.73 Å². The highest BCUT2D eigenvalue weighted by molar-refractivity contribution is 9.11. The maximum atomic E-state index is 12.9. The molecule has 0 bridgehead atoms. The Hall–Kier alpha value is -0.150. The molecule has 0 radical (unpaired) electrons. The third-order valence-electron chi connectivity index (χ3n) is 3.82. The fraction of sp³-hybridized carbons (Fsp3) is 0.538. The van der Waals surface area contributed by atoms with Gasteiger partial charge in [-0.3, -0.25) is 0 Å². The fourth-order valence-corrected chi connectivity index (χ4v) is 6.83. The van der Waals surface area contributed by atoms with Crippen LogP contribution < -0.4 is 5.73 Å². The first-order chi connectivity index (χ1) is 9.64. The molecule has 2 unspecified atom stereocenters. The molecule has 0 aliphatic carbocycles. The second-order valence-corrected chi connectivity index (χ2v) is 9.23. The van der Waals surface area contributed by atoms with Crippen molar-refractivity contribution >= 4 is 47.6 Å². The number of nitrogens with two attached hydrogens (primary N) is 1. The lowest BCUT2D eigenvalue weighted by molar-refractivity contribution is 0.263. The Labute approximate surface area is 142 Å². The van der Waals surface area contributed by atoms with Gasteiger partial charge in [0.25, 0.3) is 0 Å². The second kappa shape index (κ2) is 6.16. The molecule has 21 heavy (non-hydrogen) atoms. The molecule has 1 aromatic rings. The molecule has 0 aromatic heterocycles. The fourth-order valence-electron chi connectivity index (χ4n) is 2.73. The molecule has 1 aliphatic heterocycles. The van der Waals surface area contributed by atoms with Crippen molar-refractivity contribution in [2.45, 2.75) is 17.9 Å². The van der Waals surface area contributed by atoms with E-state index < -0.39 is 10.0 Å². The topological polar surface area (TPSA) is 66.6 Å². The molecule has 1 saturated heterocycles. The number of nitrogen functional groups attached to an aromatic ring is 1. The highest BCUT2D eigenvalue weighted by Crippen LogP contribution is 2.36. The smallest absolute Gasteiger partial charge is 0.245 e. The van der Waals surface area contributed by atoms with Crippen molar-refractivity contribution in [3.63, 3.8) is 0 Å². The number of sulfonamides is 1. The zero-order valence-corrected chi connectivity index (χ0v) is 16.2. The Bertz CT molecular complexity index is 626. The van der Waals surface area contributed by atoms with Gasteiger partial charge in [0.2, 0.25) is 10.0 Å². The van der Waals surface area contributed by atoms with Crippen LogP contribution in [-0.2, 0) is 10.0 Å². The summed E-state index contributed by atoms with van der Waals surface area (Å²) in [6.45, 7) is 3.10. The van der Waals surface area contributed by atoms with Crippen molar-refractivity contribution < 1.29 is 8.42 Å². The van der Waals surface area contributed by atoms with Gasteiger partial charge in [0.15, 0.2) is 0 Å². The molecule has 0 spiro atoms. The molecular formula is C13H19Br2N3O2S. The van der Waals surface area contributed by atoms with Crippen molar-refractivity contribution in [2.75, 3.05) is 32.9 Å². The van der Waals surface area contributed by atoms with E-state index in [1.807, 2.05) is 14.1 Å². The van der Waals surface area contributed by atoms with Gasteiger partial charge in [-0.25, -0.2) is 8.42 Å². The third-order valence-corrected chi connectivity index (χ3v) is 7.53. The van der Waals surface area contributed by atoms with Crippen LogP contribution in [-0.4, -0.2) is 50.8 Å². The van der Waals surface area contributed by atoms with Crippen molar-refractivity contribution in [1.82, 2.24) is 9.21 Å². The van der Waals surface area contributed by atoms with Gasteiger partial charge in [-0.05, 0) is 64.0 Å². The minimum Gasteiger partial charge on any atom is -0.399 e. The monoisotopic (exact) mass is 439 g/mol. The predicted octanol–water partition coefficient (Wildman–Crippen LogP) is 2.36. The third kappa shape index (κ3) is 3.29. The van der Waals surface area contributed by atoms with Crippen LogP contribution in [0.4, 0.5) is 5.69 Å². The lowest BCUT2D eigenvalue weighted by Crippen LogP contribution is -2.36. The minimum absolute atomic E-state index is 0.228. The van der Waals surface area contributed by atoms with Crippen LogP contribution in [0, 0.1) is 5.92 Å². The molecule has 118 valence electrons. The minimum atomic E-state index is -3.56. The van der Waals surface area contributed by atoms with Gasteiger partial charge in [-0.15, -0.1) is 0 Å². The number of anilines is 1. The summed E-state index contributed by atoms with van der Waals surface area (Å²) in [5.41, 5.74) is 6.24. The summed E-state index contributed by atoms with van der Waals surface area (Å²) in [5, 5.41) is 0. The quantitative estimate of drug-likeness (QED) is 0.732. The molecule has 2 atom stereocenters. The van der Waals surface area contributed by atoms with E-state index in [2.05, 4.69) is 43.7 Å². The van der Waals surface area contributed by atoms with E-state index in [-0.39, 0.29) is 10.9 Å². The number of hydrogen-bond donors (Lipinski definition) is 1. The van der Waals surface area contributed by atoms with Crippen LogP contribution in [0.15, 0.2) is 26.0 Å².